The summed E-state index contributed by atoms with van der Waals surface area (Å²) in [5.74, 6) is -1.28. The van der Waals surface area contributed by atoms with Gasteiger partial charge in [0.05, 0.1) is 11.1 Å². The lowest BCUT2D eigenvalue weighted by molar-refractivity contribution is -0.138. The van der Waals surface area contributed by atoms with Crippen LogP contribution in [-0.2, 0) is 11.0 Å². The van der Waals surface area contributed by atoms with Crippen molar-refractivity contribution in [2.75, 3.05) is 7.05 Å². The molecule has 0 saturated carbocycles. The summed E-state index contributed by atoms with van der Waals surface area (Å²) >= 11 is 0. The molecule has 6 heteroatoms. The quantitative estimate of drug-likeness (QED) is 0.847. The lowest BCUT2D eigenvalue weighted by Gasteiger charge is -2.25. The Balaban J connectivity index is 2.41. The molecule has 0 radical (unpaired) electrons. The van der Waals surface area contributed by atoms with E-state index in [2.05, 4.69) is 4.99 Å². The molecule has 1 aromatic carbocycles. The average molecular weight is 297 g/mol. The molecular weight excluding hydrogens is 283 g/mol. The van der Waals surface area contributed by atoms with Crippen LogP contribution in [0.5, 0.6) is 0 Å². The molecule has 1 atom stereocenters. The van der Waals surface area contributed by atoms with Gasteiger partial charge < -0.3 is 5.11 Å². The van der Waals surface area contributed by atoms with Crippen molar-refractivity contribution in [2.45, 2.75) is 24.9 Å². The Labute approximate surface area is 119 Å². The zero-order valence-electron chi connectivity index (χ0n) is 11.3. The van der Waals surface area contributed by atoms with Crippen LogP contribution in [-0.4, -0.2) is 24.2 Å². The first kappa shape index (κ1) is 15.3. The van der Waals surface area contributed by atoms with E-state index in [1.807, 2.05) is 0 Å². The number of hydrogen-bond donors (Lipinski definition) is 1. The maximum Gasteiger partial charge on any atom is 0.416 e. The molecule has 1 aromatic rings. The molecule has 1 N–H and O–H groups in total. The molecule has 0 fully saturated rings. The molecule has 0 aromatic heterocycles. The summed E-state index contributed by atoms with van der Waals surface area (Å²) in [7, 11) is 1.46. The van der Waals surface area contributed by atoms with Gasteiger partial charge in [0, 0.05) is 26.1 Å². The Morgan fingerprint density at radius 1 is 1.29 bits per heavy atom. The Kier molecular flexibility index (Phi) is 4.16. The second-order valence-corrected chi connectivity index (χ2v) is 4.86. The Hall–Kier alpha value is -2.11. The summed E-state index contributed by atoms with van der Waals surface area (Å²) in [6, 6.07) is 5.15. The minimum absolute atomic E-state index is 0.000185. The van der Waals surface area contributed by atoms with E-state index in [4.69, 9.17) is 0 Å². The second kappa shape index (κ2) is 5.71. The van der Waals surface area contributed by atoms with Crippen LogP contribution in [0.15, 0.2) is 40.6 Å². The van der Waals surface area contributed by atoms with E-state index in [1.165, 1.54) is 31.5 Å². The number of carbonyl (C=O) groups excluding carboxylic acids is 1. The first-order valence-corrected chi connectivity index (χ1v) is 6.38. The highest BCUT2D eigenvalue weighted by atomic mass is 19.4. The minimum atomic E-state index is -4.48. The topological polar surface area (TPSA) is 49.7 Å². The molecule has 0 saturated heterocycles. The number of rotatable bonds is 2. The predicted molar refractivity (Wildman–Crippen MR) is 72.5 cm³/mol. The largest absolute Gasteiger partial charge is 0.511 e. The minimum Gasteiger partial charge on any atom is -0.511 e. The molecule has 0 aliphatic heterocycles. The number of alkyl halides is 3. The van der Waals surface area contributed by atoms with E-state index >= 15 is 0 Å². The van der Waals surface area contributed by atoms with Gasteiger partial charge in [-0.15, -0.1) is 0 Å². The van der Waals surface area contributed by atoms with Crippen LogP contribution in [0.4, 0.5) is 13.2 Å². The van der Waals surface area contributed by atoms with Crippen LogP contribution in [0.1, 0.15) is 29.9 Å². The summed E-state index contributed by atoms with van der Waals surface area (Å²) in [4.78, 5) is 15.6. The Morgan fingerprint density at radius 3 is 2.52 bits per heavy atom. The summed E-state index contributed by atoms with van der Waals surface area (Å²) in [5, 5.41) is 9.88. The van der Waals surface area contributed by atoms with Crippen molar-refractivity contribution >= 4 is 12.0 Å². The standard InChI is InChI=1S/C15H14F3NO2/c1-19-8-11-13(20)6-9(7-14(11)21)10-4-2-3-5-12(10)15(16,17)18/h2-5,8-9,20H,6-7H2,1H3. The first-order chi connectivity index (χ1) is 9.84. The van der Waals surface area contributed by atoms with Crippen LogP contribution < -0.4 is 0 Å². The van der Waals surface area contributed by atoms with Crippen molar-refractivity contribution in [3.63, 3.8) is 0 Å². The third kappa shape index (κ3) is 3.15. The lowest BCUT2D eigenvalue weighted by Crippen LogP contribution is -2.21. The van der Waals surface area contributed by atoms with E-state index in [1.54, 1.807) is 0 Å². The molecular formula is C15H14F3NO2. The smallest absolute Gasteiger partial charge is 0.416 e. The van der Waals surface area contributed by atoms with Crippen LogP contribution in [0.3, 0.4) is 0 Å². The summed E-state index contributed by atoms with van der Waals surface area (Å²) < 4.78 is 39.0. The molecule has 21 heavy (non-hydrogen) atoms. The third-order valence-corrected chi connectivity index (χ3v) is 3.45. The predicted octanol–water partition coefficient (Wildman–Crippen LogP) is 3.66. The number of nitrogens with zero attached hydrogens (tertiary/aromatic N) is 1. The fourth-order valence-electron chi connectivity index (χ4n) is 2.52. The highest BCUT2D eigenvalue weighted by Gasteiger charge is 2.37. The maximum absolute atomic E-state index is 13.0. The number of ketones is 1. The number of carbonyl (C=O) groups is 1. The number of benzene rings is 1. The molecule has 0 heterocycles. The molecule has 0 spiro atoms. The molecule has 3 nitrogen and oxygen atoms in total. The summed E-state index contributed by atoms with van der Waals surface area (Å²) in [6.07, 6.45) is -3.31. The van der Waals surface area contributed by atoms with E-state index in [9.17, 15) is 23.1 Å². The summed E-state index contributed by atoms with van der Waals surface area (Å²) in [6.45, 7) is 0. The zero-order chi connectivity index (χ0) is 15.6. The summed E-state index contributed by atoms with van der Waals surface area (Å²) in [5.41, 5.74) is -0.640. The van der Waals surface area contributed by atoms with Gasteiger partial charge in [0.25, 0.3) is 0 Å². The first-order valence-electron chi connectivity index (χ1n) is 6.38. The molecule has 1 aliphatic carbocycles. The zero-order valence-corrected chi connectivity index (χ0v) is 11.3. The van der Waals surface area contributed by atoms with Gasteiger partial charge in [-0.3, -0.25) is 9.79 Å². The van der Waals surface area contributed by atoms with E-state index < -0.39 is 23.4 Å². The number of allylic oxidation sites excluding steroid dienone is 2. The average Bonchev–Trinajstić information content (AvgIpc) is 2.42. The van der Waals surface area contributed by atoms with Crippen LogP contribution in [0.2, 0.25) is 0 Å². The van der Waals surface area contributed by atoms with Crippen LogP contribution >= 0.6 is 0 Å². The highest BCUT2D eigenvalue weighted by Crippen LogP contribution is 2.40. The van der Waals surface area contributed by atoms with Crippen molar-refractivity contribution in [2.24, 2.45) is 4.99 Å². The molecule has 0 amide bonds. The number of hydrogen-bond acceptors (Lipinski definition) is 3. The number of aliphatic hydroxyl groups excluding tert-OH is 1. The van der Waals surface area contributed by atoms with Gasteiger partial charge in [-0.1, -0.05) is 18.2 Å². The van der Waals surface area contributed by atoms with Crippen LogP contribution in [0, 0.1) is 0 Å². The molecule has 112 valence electrons. The number of halogens is 3. The monoisotopic (exact) mass is 297 g/mol. The van der Waals surface area contributed by atoms with Gasteiger partial charge in [-0.2, -0.15) is 13.2 Å². The van der Waals surface area contributed by atoms with E-state index in [-0.39, 0.29) is 29.7 Å². The van der Waals surface area contributed by atoms with E-state index in [0.717, 1.165) is 6.07 Å². The fourth-order valence-corrected chi connectivity index (χ4v) is 2.52. The van der Waals surface area contributed by atoms with Gasteiger partial charge in [0.1, 0.15) is 5.76 Å². The van der Waals surface area contributed by atoms with Gasteiger partial charge in [0.2, 0.25) is 0 Å². The van der Waals surface area contributed by atoms with Gasteiger partial charge >= 0.3 is 6.18 Å². The SMILES string of the molecule is CN=CC1=C(O)CC(c2ccccc2C(F)(F)F)CC1=O. The van der Waals surface area contributed by atoms with Crippen molar-refractivity contribution in [3.8, 4) is 0 Å². The third-order valence-electron chi connectivity index (χ3n) is 3.45. The maximum atomic E-state index is 13.0. The number of aliphatic imine (C=N–C) groups is 1. The number of Topliss-reactive ketones (excluding diaryl/α,β-unsaturated/α-hetero) is 1. The number of aliphatic hydroxyl groups is 1. The fraction of sp³-hybridized carbons (Fsp3) is 0.333. The van der Waals surface area contributed by atoms with Crippen molar-refractivity contribution < 1.29 is 23.1 Å². The Morgan fingerprint density at radius 2 is 1.95 bits per heavy atom. The molecule has 0 bridgehead atoms. The Bertz CT molecular complexity index is 618. The van der Waals surface area contributed by atoms with Gasteiger partial charge in [0.15, 0.2) is 5.78 Å². The highest BCUT2D eigenvalue weighted by molar-refractivity contribution is 6.14. The normalized spacial score (nSPS) is 20.4. The van der Waals surface area contributed by atoms with Crippen molar-refractivity contribution in [1.82, 2.24) is 0 Å². The van der Waals surface area contributed by atoms with Crippen LogP contribution in [0.25, 0.3) is 0 Å². The van der Waals surface area contributed by atoms with Gasteiger partial charge in [-0.25, -0.2) is 0 Å². The molecule has 1 aliphatic rings. The van der Waals surface area contributed by atoms with Gasteiger partial charge in [-0.05, 0) is 17.5 Å². The van der Waals surface area contributed by atoms with Crippen molar-refractivity contribution in [3.05, 3.63) is 46.7 Å². The molecule has 2 rings (SSSR count). The second-order valence-electron chi connectivity index (χ2n) is 4.86. The van der Waals surface area contributed by atoms with Crippen molar-refractivity contribution in [1.29, 1.82) is 0 Å². The molecule has 1 unspecified atom stereocenters. The van der Waals surface area contributed by atoms with E-state index in [0.29, 0.717) is 0 Å². The lowest BCUT2D eigenvalue weighted by atomic mass is 9.81.